The van der Waals surface area contributed by atoms with Crippen molar-refractivity contribution in [3.05, 3.63) is 70.8 Å². The first kappa shape index (κ1) is 13.9. The van der Waals surface area contributed by atoms with Crippen LogP contribution in [0.4, 0.5) is 5.95 Å². The molecular weight excluding hydrogens is 286 g/mol. The SMILES string of the molecule is Cc1ccc([C@H]2C[C@@H](c3ccc(C)cc3)n3nnnc3N2)cc1. The summed E-state index contributed by atoms with van der Waals surface area (Å²) in [7, 11) is 0. The summed E-state index contributed by atoms with van der Waals surface area (Å²) in [6.45, 7) is 4.21. The van der Waals surface area contributed by atoms with E-state index in [0.717, 1.165) is 12.4 Å². The van der Waals surface area contributed by atoms with Gasteiger partial charge in [-0.2, -0.15) is 0 Å². The largest absolute Gasteiger partial charge is 0.346 e. The van der Waals surface area contributed by atoms with Gasteiger partial charge < -0.3 is 5.32 Å². The third kappa shape index (κ3) is 2.59. The van der Waals surface area contributed by atoms with Crippen molar-refractivity contribution in [2.45, 2.75) is 32.4 Å². The van der Waals surface area contributed by atoms with Crippen molar-refractivity contribution >= 4 is 5.95 Å². The van der Waals surface area contributed by atoms with E-state index >= 15 is 0 Å². The third-order valence-corrected chi connectivity index (χ3v) is 4.49. The highest BCUT2D eigenvalue weighted by Crippen LogP contribution is 2.36. The summed E-state index contributed by atoms with van der Waals surface area (Å²) in [5, 5.41) is 15.6. The molecule has 116 valence electrons. The Morgan fingerprint density at radius 2 is 1.52 bits per heavy atom. The molecule has 1 aliphatic rings. The maximum atomic E-state index is 4.17. The van der Waals surface area contributed by atoms with Crippen molar-refractivity contribution in [2.75, 3.05) is 5.32 Å². The van der Waals surface area contributed by atoms with E-state index in [0.29, 0.717) is 0 Å². The summed E-state index contributed by atoms with van der Waals surface area (Å²) in [4.78, 5) is 0. The second-order valence-corrected chi connectivity index (χ2v) is 6.22. The van der Waals surface area contributed by atoms with Gasteiger partial charge in [0, 0.05) is 0 Å². The lowest BCUT2D eigenvalue weighted by molar-refractivity contribution is 0.423. The lowest BCUT2D eigenvalue weighted by atomic mass is 9.92. The number of aromatic nitrogens is 4. The lowest BCUT2D eigenvalue weighted by Crippen LogP contribution is -2.28. The molecule has 5 heteroatoms. The van der Waals surface area contributed by atoms with Crippen molar-refractivity contribution in [1.82, 2.24) is 20.2 Å². The molecule has 3 aromatic rings. The molecular formula is C18H19N5. The predicted molar refractivity (Wildman–Crippen MR) is 89.3 cm³/mol. The maximum absolute atomic E-state index is 4.17. The Kier molecular flexibility index (Phi) is 3.33. The molecule has 1 aromatic heterocycles. The van der Waals surface area contributed by atoms with E-state index in [9.17, 15) is 0 Å². The molecule has 0 fully saturated rings. The van der Waals surface area contributed by atoms with Gasteiger partial charge in [-0.25, -0.2) is 4.68 Å². The Balaban J connectivity index is 1.71. The van der Waals surface area contributed by atoms with Crippen LogP contribution in [-0.2, 0) is 0 Å². The van der Waals surface area contributed by atoms with Gasteiger partial charge in [0.05, 0.1) is 12.1 Å². The molecule has 0 amide bonds. The van der Waals surface area contributed by atoms with Crippen LogP contribution in [0.25, 0.3) is 0 Å². The number of anilines is 1. The number of nitrogens with one attached hydrogen (secondary N) is 1. The number of nitrogens with zero attached hydrogens (tertiary/aromatic N) is 4. The van der Waals surface area contributed by atoms with Gasteiger partial charge >= 0.3 is 0 Å². The number of hydrogen-bond donors (Lipinski definition) is 1. The molecule has 4 rings (SSSR count). The Hall–Kier alpha value is -2.69. The predicted octanol–water partition coefficient (Wildman–Crippen LogP) is 3.44. The summed E-state index contributed by atoms with van der Waals surface area (Å²) in [5.41, 5.74) is 5.03. The van der Waals surface area contributed by atoms with Crippen LogP contribution in [0, 0.1) is 13.8 Å². The number of aryl methyl sites for hydroxylation is 2. The van der Waals surface area contributed by atoms with Crippen molar-refractivity contribution in [2.24, 2.45) is 0 Å². The average Bonchev–Trinajstić information content (AvgIpc) is 3.04. The van der Waals surface area contributed by atoms with Crippen LogP contribution in [0.3, 0.4) is 0 Å². The normalized spacial score (nSPS) is 19.9. The highest BCUT2D eigenvalue weighted by molar-refractivity contribution is 5.38. The fourth-order valence-electron chi connectivity index (χ4n) is 3.12. The Morgan fingerprint density at radius 3 is 2.17 bits per heavy atom. The molecule has 0 saturated heterocycles. The zero-order valence-corrected chi connectivity index (χ0v) is 13.3. The van der Waals surface area contributed by atoms with Gasteiger partial charge in [0.15, 0.2) is 0 Å². The monoisotopic (exact) mass is 305 g/mol. The Bertz CT molecular complexity index is 804. The highest BCUT2D eigenvalue weighted by atomic mass is 15.6. The minimum absolute atomic E-state index is 0.146. The first-order valence-corrected chi connectivity index (χ1v) is 7.88. The van der Waals surface area contributed by atoms with Crippen molar-refractivity contribution < 1.29 is 0 Å². The molecule has 0 radical (unpaired) electrons. The molecule has 0 spiro atoms. The number of benzene rings is 2. The van der Waals surface area contributed by atoms with E-state index in [2.05, 4.69) is 83.2 Å². The smallest absolute Gasteiger partial charge is 0.243 e. The van der Waals surface area contributed by atoms with Gasteiger partial charge in [-0.1, -0.05) is 64.8 Å². The summed E-state index contributed by atoms with van der Waals surface area (Å²) in [5.74, 6) is 0.729. The average molecular weight is 305 g/mol. The first-order valence-electron chi connectivity index (χ1n) is 7.88. The van der Waals surface area contributed by atoms with Gasteiger partial charge in [-0.05, 0) is 41.8 Å². The molecule has 1 aliphatic heterocycles. The number of hydrogen-bond acceptors (Lipinski definition) is 4. The molecule has 2 heterocycles. The van der Waals surface area contributed by atoms with E-state index in [1.54, 1.807) is 0 Å². The van der Waals surface area contributed by atoms with Crippen LogP contribution in [0.2, 0.25) is 0 Å². The van der Waals surface area contributed by atoms with Crippen LogP contribution >= 0.6 is 0 Å². The lowest BCUT2D eigenvalue weighted by Gasteiger charge is -2.31. The van der Waals surface area contributed by atoms with Crippen LogP contribution in [0.15, 0.2) is 48.5 Å². The fraction of sp³-hybridized carbons (Fsp3) is 0.278. The van der Waals surface area contributed by atoms with E-state index in [1.807, 2.05) is 4.68 Å². The van der Waals surface area contributed by atoms with E-state index in [4.69, 9.17) is 0 Å². The maximum Gasteiger partial charge on any atom is 0.243 e. The van der Waals surface area contributed by atoms with Crippen molar-refractivity contribution in [3.63, 3.8) is 0 Å². The number of rotatable bonds is 2. The summed E-state index contributed by atoms with van der Waals surface area (Å²) < 4.78 is 1.88. The Morgan fingerprint density at radius 1 is 0.913 bits per heavy atom. The van der Waals surface area contributed by atoms with Crippen molar-refractivity contribution in [1.29, 1.82) is 0 Å². The second-order valence-electron chi connectivity index (χ2n) is 6.22. The van der Waals surface area contributed by atoms with Crippen LogP contribution in [-0.4, -0.2) is 20.2 Å². The molecule has 2 atom stereocenters. The molecule has 2 aromatic carbocycles. The molecule has 23 heavy (non-hydrogen) atoms. The molecule has 0 bridgehead atoms. The van der Waals surface area contributed by atoms with Gasteiger partial charge in [0.25, 0.3) is 0 Å². The van der Waals surface area contributed by atoms with Crippen LogP contribution in [0.5, 0.6) is 0 Å². The summed E-state index contributed by atoms with van der Waals surface area (Å²) in [6, 6.07) is 17.6. The zero-order chi connectivity index (χ0) is 15.8. The molecule has 0 saturated carbocycles. The summed E-state index contributed by atoms with van der Waals surface area (Å²) in [6.07, 6.45) is 0.921. The van der Waals surface area contributed by atoms with Gasteiger partial charge in [0.2, 0.25) is 5.95 Å². The van der Waals surface area contributed by atoms with E-state index in [1.165, 1.54) is 22.3 Å². The van der Waals surface area contributed by atoms with Crippen LogP contribution < -0.4 is 5.32 Å². The zero-order valence-electron chi connectivity index (χ0n) is 13.3. The van der Waals surface area contributed by atoms with Crippen molar-refractivity contribution in [3.8, 4) is 0 Å². The first-order chi connectivity index (χ1) is 11.2. The number of fused-ring (bicyclic) bond motifs is 1. The fourth-order valence-corrected chi connectivity index (χ4v) is 3.12. The highest BCUT2D eigenvalue weighted by Gasteiger charge is 2.30. The van der Waals surface area contributed by atoms with Crippen LogP contribution in [0.1, 0.15) is 40.8 Å². The van der Waals surface area contributed by atoms with E-state index < -0.39 is 0 Å². The second kappa shape index (κ2) is 5.50. The van der Waals surface area contributed by atoms with Gasteiger partial charge in [0.1, 0.15) is 0 Å². The third-order valence-electron chi connectivity index (χ3n) is 4.49. The summed E-state index contributed by atoms with van der Waals surface area (Å²) >= 11 is 0. The minimum Gasteiger partial charge on any atom is -0.346 e. The topological polar surface area (TPSA) is 55.6 Å². The standard InChI is InChI=1S/C18H19N5/c1-12-3-7-14(8-4-12)16-11-17(15-9-5-13(2)6-10-15)23-18(19-16)20-21-22-23/h3-10,16-17H,11H2,1-2H3,(H,19,20,22)/t16-,17+/m1/s1. The molecule has 5 nitrogen and oxygen atoms in total. The minimum atomic E-state index is 0.146. The Labute approximate surface area is 135 Å². The molecule has 0 unspecified atom stereocenters. The molecule has 0 aliphatic carbocycles. The van der Waals surface area contributed by atoms with Gasteiger partial charge in [-0.3, -0.25) is 0 Å². The van der Waals surface area contributed by atoms with E-state index in [-0.39, 0.29) is 12.1 Å². The van der Waals surface area contributed by atoms with Gasteiger partial charge in [-0.15, -0.1) is 0 Å². The molecule has 1 N–H and O–H groups in total. The number of tetrazole rings is 1. The quantitative estimate of drug-likeness (QED) is 0.788.